The molecule has 0 heterocycles. The van der Waals surface area contributed by atoms with Crippen LogP contribution in [0.15, 0.2) is 54.6 Å². The van der Waals surface area contributed by atoms with Gasteiger partial charge in [-0.25, -0.2) is 0 Å². The Balaban J connectivity index is 1.79. The van der Waals surface area contributed by atoms with Crippen LogP contribution in [0.1, 0.15) is 37.4 Å². The molecule has 0 unspecified atom stereocenters. The van der Waals surface area contributed by atoms with Crippen LogP contribution in [0.4, 0.5) is 0 Å². The molecule has 108 valence electrons. The first kappa shape index (κ1) is 14.0. The van der Waals surface area contributed by atoms with Gasteiger partial charge in [0.2, 0.25) is 0 Å². The van der Waals surface area contributed by atoms with E-state index in [1.54, 1.807) is 0 Å². The van der Waals surface area contributed by atoms with Crippen molar-refractivity contribution in [2.75, 3.05) is 0 Å². The van der Waals surface area contributed by atoms with Crippen LogP contribution >= 0.6 is 0 Å². The molecule has 2 heteroatoms. The van der Waals surface area contributed by atoms with Crippen LogP contribution in [0.3, 0.4) is 0 Å². The van der Waals surface area contributed by atoms with Gasteiger partial charge in [0.05, 0.1) is 6.10 Å². The highest BCUT2D eigenvalue weighted by atomic mass is 16.3. The van der Waals surface area contributed by atoms with Crippen molar-refractivity contribution in [1.29, 1.82) is 0 Å². The summed E-state index contributed by atoms with van der Waals surface area (Å²) in [5, 5.41) is 10.5. The molecule has 0 spiro atoms. The second-order valence-electron chi connectivity index (χ2n) is 5.75. The lowest BCUT2D eigenvalue weighted by Gasteiger charge is -2.25. The molecule has 0 saturated heterocycles. The van der Waals surface area contributed by atoms with Crippen molar-refractivity contribution in [2.45, 2.75) is 31.8 Å². The predicted molar refractivity (Wildman–Crippen MR) is 83.8 cm³/mol. The normalized spacial score (nSPS) is 20.2. The lowest BCUT2D eigenvalue weighted by atomic mass is 9.81. The number of aliphatic hydroxyl groups is 1. The smallest absolute Gasteiger partial charge is 0.138 e. The molecule has 0 amide bonds. The standard InChI is InChI=1S/C19H20O2/c20-18-9-5-4-8-17(18)19(21)16-12-10-15(11-13-16)14-6-2-1-3-7-14/h1-3,6-7,10-13,17,19,21H,4-5,8-9H2/t17-,19-/m0/s1. The summed E-state index contributed by atoms with van der Waals surface area (Å²) in [6.07, 6.45) is 2.76. The van der Waals surface area contributed by atoms with E-state index in [-0.39, 0.29) is 11.7 Å². The van der Waals surface area contributed by atoms with Crippen molar-refractivity contribution in [1.82, 2.24) is 0 Å². The molecule has 0 aliphatic heterocycles. The molecular weight excluding hydrogens is 260 g/mol. The summed E-state index contributed by atoms with van der Waals surface area (Å²) in [6, 6.07) is 18.1. The Bertz CT molecular complexity index is 601. The Morgan fingerprint density at radius 3 is 2.24 bits per heavy atom. The van der Waals surface area contributed by atoms with Crippen molar-refractivity contribution in [3.8, 4) is 11.1 Å². The van der Waals surface area contributed by atoms with Crippen LogP contribution in [-0.4, -0.2) is 10.9 Å². The number of rotatable bonds is 3. The molecule has 1 aliphatic rings. The number of benzene rings is 2. The molecule has 2 nitrogen and oxygen atoms in total. The Kier molecular flexibility index (Phi) is 4.16. The van der Waals surface area contributed by atoms with Gasteiger partial charge in [0, 0.05) is 12.3 Å². The topological polar surface area (TPSA) is 37.3 Å². The third-order valence-corrected chi connectivity index (χ3v) is 4.34. The minimum Gasteiger partial charge on any atom is -0.388 e. The SMILES string of the molecule is O=C1CCCC[C@@H]1[C@@H](O)c1ccc(-c2ccccc2)cc1. The van der Waals surface area contributed by atoms with Gasteiger partial charge in [-0.3, -0.25) is 4.79 Å². The fraction of sp³-hybridized carbons (Fsp3) is 0.316. The van der Waals surface area contributed by atoms with Gasteiger partial charge < -0.3 is 5.11 Å². The zero-order valence-corrected chi connectivity index (χ0v) is 12.0. The molecule has 0 radical (unpaired) electrons. The predicted octanol–water partition coefficient (Wildman–Crippen LogP) is 4.15. The number of aliphatic hydroxyl groups excluding tert-OH is 1. The molecule has 2 aromatic rings. The minimum atomic E-state index is -0.664. The van der Waals surface area contributed by atoms with E-state index in [0.717, 1.165) is 36.0 Å². The Hall–Kier alpha value is -1.93. The first-order valence-electron chi connectivity index (χ1n) is 7.62. The maximum Gasteiger partial charge on any atom is 0.138 e. The summed E-state index contributed by atoms with van der Waals surface area (Å²) in [6.45, 7) is 0. The molecule has 1 fully saturated rings. The number of hydrogen-bond acceptors (Lipinski definition) is 2. The summed E-state index contributed by atoms with van der Waals surface area (Å²) in [5.41, 5.74) is 3.13. The fourth-order valence-electron chi connectivity index (χ4n) is 3.08. The number of Topliss-reactive ketones (excluding diaryl/α,β-unsaturated/α-hetero) is 1. The van der Waals surface area contributed by atoms with Crippen LogP contribution in [0, 0.1) is 5.92 Å². The average molecular weight is 280 g/mol. The van der Waals surface area contributed by atoms with Gasteiger partial charge in [0.15, 0.2) is 0 Å². The first-order valence-corrected chi connectivity index (χ1v) is 7.62. The van der Waals surface area contributed by atoms with E-state index in [9.17, 15) is 9.90 Å². The number of hydrogen-bond donors (Lipinski definition) is 1. The highest BCUT2D eigenvalue weighted by Crippen LogP contribution is 2.33. The fourth-order valence-corrected chi connectivity index (χ4v) is 3.08. The second-order valence-corrected chi connectivity index (χ2v) is 5.75. The summed E-state index contributed by atoms with van der Waals surface area (Å²) in [5.74, 6) is -0.0118. The van der Waals surface area contributed by atoms with E-state index >= 15 is 0 Å². The highest BCUT2D eigenvalue weighted by molar-refractivity contribution is 5.82. The molecule has 1 saturated carbocycles. The summed E-state index contributed by atoms with van der Waals surface area (Å²) >= 11 is 0. The maximum absolute atomic E-state index is 11.9. The van der Waals surface area contributed by atoms with Gasteiger partial charge in [0.25, 0.3) is 0 Å². The first-order chi connectivity index (χ1) is 10.3. The monoisotopic (exact) mass is 280 g/mol. The van der Waals surface area contributed by atoms with E-state index in [1.807, 2.05) is 42.5 Å². The molecule has 0 aromatic heterocycles. The lowest BCUT2D eigenvalue weighted by Crippen LogP contribution is -2.25. The van der Waals surface area contributed by atoms with E-state index in [2.05, 4.69) is 12.1 Å². The number of carbonyl (C=O) groups is 1. The second kappa shape index (κ2) is 6.23. The van der Waals surface area contributed by atoms with Gasteiger partial charge in [0.1, 0.15) is 5.78 Å². The maximum atomic E-state index is 11.9. The molecule has 2 atom stereocenters. The van der Waals surface area contributed by atoms with E-state index in [1.165, 1.54) is 0 Å². The largest absolute Gasteiger partial charge is 0.388 e. The summed E-state index contributed by atoms with van der Waals surface area (Å²) < 4.78 is 0. The average Bonchev–Trinajstić information content (AvgIpc) is 2.56. The number of carbonyl (C=O) groups excluding carboxylic acids is 1. The van der Waals surface area contributed by atoms with E-state index in [4.69, 9.17) is 0 Å². The van der Waals surface area contributed by atoms with Crippen LogP contribution in [0.2, 0.25) is 0 Å². The van der Waals surface area contributed by atoms with Crippen molar-refractivity contribution < 1.29 is 9.90 Å². The Labute approximate surface area is 125 Å². The number of ketones is 1. The van der Waals surface area contributed by atoms with Crippen molar-refractivity contribution >= 4 is 5.78 Å². The molecule has 1 N–H and O–H groups in total. The van der Waals surface area contributed by atoms with Gasteiger partial charge in [-0.05, 0) is 29.5 Å². The molecule has 3 rings (SSSR count). The van der Waals surface area contributed by atoms with Crippen LogP contribution in [0.5, 0.6) is 0 Å². The molecular formula is C19H20O2. The van der Waals surface area contributed by atoms with Crippen molar-refractivity contribution in [3.05, 3.63) is 60.2 Å². The zero-order chi connectivity index (χ0) is 14.7. The minimum absolute atomic E-state index is 0.209. The van der Waals surface area contributed by atoms with Crippen molar-refractivity contribution in [2.24, 2.45) is 5.92 Å². The molecule has 0 bridgehead atoms. The van der Waals surface area contributed by atoms with E-state index < -0.39 is 6.10 Å². The van der Waals surface area contributed by atoms with Crippen LogP contribution < -0.4 is 0 Å². The summed E-state index contributed by atoms with van der Waals surface area (Å²) in [4.78, 5) is 11.9. The van der Waals surface area contributed by atoms with E-state index in [0.29, 0.717) is 6.42 Å². The Morgan fingerprint density at radius 1 is 0.905 bits per heavy atom. The Morgan fingerprint density at radius 2 is 1.57 bits per heavy atom. The van der Waals surface area contributed by atoms with Gasteiger partial charge >= 0.3 is 0 Å². The zero-order valence-electron chi connectivity index (χ0n) is 12.0. The lowest BCUT2D eigenvalue weighted by molar-refractivity contribution is -0.128. The van der Waals surface area contributed by atoms with Gasteiger partial charge in [-0.2, -0.15) is 0 Å². The highest BCUT2D eigenvalue weighted by Gasteiger charge is 2.29. The molecule has 21 heavy (non-hydrogen) atoms. The molecule has 2 aromatic carbocycles. The van der Waals surface area contributed by atoms with Crippen LogP contribution in [0.25, 0.3) is 11.1 Å². The van der Waals surface area contributed by atoms with Gasteiger partial charge in [-0.1, -0.05) is 61.0 Å². The third kappa shape index (κ3) is 3.06. The molecule has 1 aliphatic carbocycles. The van der Waals surface area contributed by atoms with Crippen LogP contribution in [-0.2, 0) is 4.79 Å². The van der Waals surface area contributed by atoms with Gasteiger partial charge in [-0.15, -0.1) is 0 Å². The van der Waals surface area contributed by atoms with Crippen molar-refractivity contribution in [3.63, 3.8) is 0 Å². The summed E-state index contributed by atoms with van der Waals surface area (Å²) in [7, 11) is 0. The third-order valence-electron chi connectivity index (χ3n) is 4.34. The quantitative estimate of drug-likeness (QED) is 0.917.